The molecule has 0 bridgehead atoms. The number of aryl methyl sites for hydroxylation is 1. The molecule has 0 fully saturated rings. The minimum Gasteiger partial charge on any atom is -0.497 e. The summed E-state index contributed by atoms with van der Waals surface area (Å²) in [6, 6.07) is 23.2. The van der Waals surface area contributed by atoms with E-state index in [2.05, 4.69) is 21.7 Å². The zero-order valence-electron chi connectivity index (χ0n) is 17.7. The Morgan fingerprint density at radius 1 is 1.03 bits per heavy atom. The molecule has 4 rings (SSSR count). The van der Waals surface area contributed by atoms with Gasteiger partial charge in [-0.05, 0) is 48.7 Å². The van der Waals surface area contributed by atoms with Crippen LogP contribution in [0.2, 0.25) is 0 Å². The van der Waals surface area contributed by atoms with Crippen LogP contribution in [0.1, 0.15) is 28.6 Å². The Kier molecular flexibility index (Phi) is 6.17. The number of nitrogens with zero attached hydrogens (tertiary/aromatic N) is 1. The van der Waals surface area contributed by atoms with E-state index in [9.17, 15) is 4.79 Å². The third kappa shape index (κ3) is 5.22. The van der Waals surface area contributed by atoms with E-state index >= 15 is 0 Å². The van der Waals surface area contributed by atoms with Crippen LogP contribution < -0.4 is 15.4 Å². The minimum atomic E-state index is -0.307. The van der Waals surface area contributed by atoms with Crippen LogP contribution in [-0.4, -0.2) is 23.1 Å². The zero-order valence-corrected chi connectivity index (χ0v) is 17.7. The van der Waals surface area contributed by atoms with Crippen molar-refractivity contribution in [2.24, 2.45) is 0 Å². The summed E-state index contributed by atoms with van der Waals surface area (Å²) in [6.07, 6.45) is 0.599. The van der Waals surface area contributed by atoms with Gasteiger partial charge in [-0.15, -0.1) is 0 Å². The predicted octanol–water partition coefficient (Wildman–Crippen LogP) is 4.66. The van der Waals surface area contributed by atoms with E-state index in [0.29, 0.717) is 13.0 Å². The van der Waals surface area contributed by atoms with Crippen molar-refractivity contribution in [2.75, 3.05) is 7.11 Å². The molecular weight excluding hydrogens is 388 g/mol. The van der Waals surface area contributed by atoms with Crippen LogP contribution in [0.25, 0.3) is 11.0 Å². The average molecular weight is 415 g/mol. The highest BCUT2D eigenvalue weighted by molar-refractivity contribution is 5.76. The molecule has 3 aromatic carbocycles. The molecule has 0 aliphatic rings. The third-order valence-electron chi connectivity index (χ3n) is 5.18. The Hall–Kier alpha value is -3.80. The van der Waals surface area contributed by atoms with Crippen molar-refractivity contribution in [3.63, 3.8) is 0 Å². The van der Waals surface area contributed by atoms with Crippen molar-refractivity contribution in [3.8, 4) is 5.75 Å². The summed E-state index contributed by atoms with van der Waals surface area (Å²) in [5.74, 6) is 1.52. The van der Waals surface area contributed by atoms with E-state index in [4.69, 9.17) is 9.72 Å². The second kappa shape index (κ2) is 9.34. The lowest BCUT2D eigenvalue weighted by molar-refractivity contribution is 0.236. The lowest BCUT2D eigenvalue weighted by atomic mass is 10.1. The lowest BCUT2D eigenvalue weighted by Crippen LogP contribution is -2.38. The van der Waals surface area contributed by atoms with Gasteiger partial charge in [0.1, 0.15) is 11.6 Å². The molecular formula is C25H26N4O2. The topological polar surface area (TPSA) is 79.0 Å². The maximum Gasteiger partial charge on any atom is 0.315 e. The standard InChI is InChI=1S/C25H26N4O2/c1-17-6-5-7-19(14-17)16-26-25(30)29-23(15-18-10-12-20(31-2)13-11-18)24-27-21-8-3-4-9-22(21)28-24/h3-14,23H,15-16H2,1-2H3,(H,27,28)(H2,26,29,30). The molecule has 1 aromatic heterocycles. The number of hydrogen-bond donors (Lipinski definition) is 3. The summed E-state index contributed by atoms with van der Waals surface area (Å²) in [4.78, 5) is 20.8. The van der Waals surface area contributed by atoms with Gasteiger partial charge in [-0.25, -0.2) is 9.78 Å². The maximum atomic E-state index is 12.7. The largest absolute Gasteiger partial charge is 0.497 e. The van der Waals surface area contributed by atoms with Gasteiger partial charge >= 0.3 is 6.03 Å². The van der Waals surface area contributed by atoms with Crippen LogP contribution in [0.15, 0.2) is 72.8 Å². The molecule has 6 nitrogen and oxygen atoms in total. The van der Waals surface area contributed by atoms with E-state index in [1.54, 1.807) is 7.11 Å². The number of aromatic amines is 1. The van der Waals surface area contributed by atoms with Crippen molar-refractivity contribution in [1.82, 2.24) is 20.6 Å². The highest BCUT2D eigenvalue weighted by atomic mass is 16.5. The summed E-state index contributed by atoms with van der Waals surface area (Å²) in [6.45, 7) is 2.50. The van der Waals surface area contributed by atoms with Gasteiger partial charge in [0.15, 0.2) is 0 Å². The number of H-pyrrole nitrogens is 1. The van der Waals surface area contributed by atoms with E-state index in [0.717, 1.165) is 33.7 Å². The molecule has 0 saturated carbocycles. The molecule has 4 aromatic rings. The Labute approximate surface area is 181 Å². The number of rotatable bonds is 7. The zero-order chi connectivity index (χ0) is 21.6. The Balaban J connectivity index is 1.51. The van der Waals surface area contributed by atoms with Gasteiger partial charge in [-0.2, -0.15) is 0 Å². The van der Waals surface area contributed by atoms with Crippen molar-refractivity contribution < 1.29 is 9.53 Å². The minimum absolute atomic E-state index is 0.236. The van der Waals surface area contributed by atoms with Gasteiger partial charge in [-0.1, -0.05) is 54.1 Å². The lowest BCUT2D eigenvalue weighted by Gasteiger charge is -2.18. The van der Waals surface area contributed by atoms with E-state index in [-0.39, 0.29) is 12.1 Å². The molecule has 6 heteroatoms. The molecule has 31 heavy (non-hydrogen) atoms. The SMILES string of the molecule is COc1ccc(CC(NC(=O)NCc2cccc(C)c2)c2nc3ccccc3[nH]2)cc1. The second-order valence-corrected chi connectivity index (χ2v) is 7.56. The molecule has 0 saturated heterocycles. The highest BCUT2D eigenvalue weighted by Crippen LogP contribution is 2.21. The van der Waals surface area contributed by atoms with Gasteiger partial charge in [0, 0.05) is 6.54 Å². The summed E-state index contributed by atoms with van der Waals surface area (Å²) in [5.41, 5.74) is 5.12. The number of ether oxygens (including phenoxy) is 1. The molecule has 2 amide bonds. The fraction of sp³-hybridized carbons (Fsp3) is 0.200. The van der Waals surface area contributed by atoms with Crippen LogP contribution in [0.4, 0.5) is 4.79 Å². The number of urea groups is 1. The normalized spacial score (nSPS) is 11.8. The van der Waals surface area contributed by atoms with E-state index in [1.165, 1.54) is 5.56 Å². The number of carbonyl (C=O) groups excluding carboxylic acids is 1. The molecule has 0 aliphatic carbocycles. The number of fused-ring (bicyclic) bond motifs is 1. The number of imidazole rings is 1. The van der Waals surface area contributed by atoms with Crippen molar-refractivity contribution in [3.05, 3.63) is 95.3 Å². The smallest absolute Gasteiger partial charge is 0.315 e. The van der Waals surface area contributed by atoms with Crippen LogP contribution in [0, 0.1) is 6.92 Å². The third-order valence-corrected chi connectivity index (χ3v) is 5.18. The van der Waals surface area contributed by atoms with Crippen LogP contribution in [0.3, 0.4) is 0 Å². The molecule has 1 atom stereocenters. The number of nitrogens with one attached hydrogen (secondary N) is 3. The quantitative estimate of drug-likeness (QED) is 0.411. The number of amides is 2. The average Bonchev–Trinajstić information content (AvgIpc) is 3.22. The maximum absolute atomic E-state index is 12.7. The van der Waals surface area contributed by atoms with Gasteiger partial charge < -0.3 is 20.4 Å². The molecule has 0 spiro atoms. The summed E-state index contributed by atoms with van der Waals surface area (Å²) in [7, 11) is 1.65. The van der Waals surface area contributed by atoms with Gasteiger partial charge in [-0.3, -0.25) is 0 Å². The van der Waals surface area contributed by atoms with Crippen molar-refractivity contribution >= 4 is 17.1 Å². The second-order valence-electron chi connectivity index (χ2n) is 7.56. The number of hydrogen-bond acceptors (Lipinski definition) is 3. The number of methoxy groups -OCH3 is 1. The molecule has 158 valence electrons. The van der Waals surface area contributed by atoms with E-state index < -0.39 is 0 Å². The summed E-state index contributed by atoms with van der Waals surface area (Å²) in [5, 5.41) is 6.03. The van der Waals surface area contributed by atoms with Gasteiger partial charge in [0.2, 0.25) is 0 Å². The van der Waals surface area contributed by atoms with Crippen LogP contribution in [-0.2, 0) is 13.0 Å². The molecule has 3 N–H and O–H groups in total. The van der Waals surface area contributed by atoms with Gasteiger partial charge in [0.05, 0.1) is 24.2 Å². The van der Waals surface area contributed by atoms with Crippen molar-refractivity contribution in [1.29, 1.82) is 0 Å². The first-order chi connectivity index (χ1) is 15.1. The number of benzene rings is 3. The molecule has 0 radical (unpaired) electrons. The molecule has 1 heterocycles. The van der Waals surface area contributed by atoms with E-state index in [1.807, 2.05) is 73.7 Å². The number of carbonyl (C=O) groups is 1. The first kappa shape index (κ1) is 20.5. The predicted molar refractivity (Wildman–Crippen MR) is 122 cm³/mol. The fourth-order valence-corrected chi connectivity index (χ4v) is 3.56. The first-order valence-electron chi connectivity index (χ1n) is 10.3. The van der Waals surface area contributed by atoms with Gasteiger partial charge in [0.25, 0.3) is 0 Å². The molecule has 1 unspecified atom stereocenters. The summed E-state index contributed by atoms with van der Waals surface area (Å²) >= 11 is 0. The highest BCUT2D eigenvalue weighted by Gasteiger charge is 2.19. The Morgan fingerprint density at radius 3 is 2.58 bits per heavy atom. The summed E-state index contributed by atoms with van der Waals surface area (Å²) < 4.78 is 5.25. The molecule has 0 aliphatic heterocycles. The van der Waals surface area contributed by atoms with Crippen LogP contribution >= 0.6 is 0 Å². The fourth-order valence-electron chi connectivity index (χ4n) is 3.56. The number of aromatic nitrogens is 2. The Bertz CT molecular complexity index is 1130. The first-order valence-corrected chi connectivity index (χ1v) is 10.3. The van der Waals surface area contributed by atoms with Crippen molar-refractivity contribution in [2.45, 2.75) is 25.9 Å². The van der Waals surface area contributed by atoms with Crippen LogP contribution in [0.5, 0.6) is 5.75 Å². The monoisotopic (exact) mass is 414 g/mol. The Morgan fingerprint density at radius 2 is 1.84 bits per heavy atom. The number of para-hydroxylation sites is 2.